The fourth-order valence-electron chi connectivity index (χ4n) is 2.84. The van der Waals surface area contributed by atoms with Crippen molar-refractivity contribution < 1.29 is 4.79 Å². The molecule has 1 aromatic heterocycles. The summed E-state index contributed by atoms with van der Waals surface area (Å²) >= 11 is 5.15. The van der Waals surface area contributed by atoms with Crippen LogP contribution >= 0.6 is 52.1 Å². The molecule has 3 rings (SSSR count). The molecule has 2 aromatic rings. The number of fused-ring (bicyclic) bond motifs is 1. The first-order valence-electron chi connectivity index (χ1n) is 7.65. The van der Waals surface area contributed by atoms with Crippen molar-refractivity contribution in [3.05, 3.63) is 27.7 Å². The van der Waals surface area contributed by atoms with Gasteiger partial charge in [0.1, 0.15) is 0 Å². The van der Waals surface area contributed by atoms with Gasteiger partial charge in [0.15, 0.2) is 0 Å². The highest BCUT2D eigenvalue weighted by molar-refractivity contribution is 9.10. The van der Waals surface area contributed by atoms with Crippen LogP contribution in [-0.4, -0.2) is 42.0 Å². The number of rotatable bonds is 4. The minimum Gasteiger partial charge on any atom is -0.343 e. The molecule has 2 heterocycles. The molecule has 0 atom stereocenters. The van der Waals surface area contributed by atoms with Crippen LogP contribution < -0.4 is 5.32 Å². The molecular formula is C16H22BrCl2N3OS. The second-order valence-corrected chi connectivity index (χ2v) is 7.69. The van der Waals surface area contributed by atoms with Crippen LogP contribution in [-0.2, 0) is 11.2 Å². The maximum Gasteiger partial charge on any atom is 0.222 e. The molecule has 1 amide bonds. The average molecular weight is 455 g/mol. The van der Waals surface area contributed by atoms with Crippen LogP contribution in [0.2, 0.25) is 0 Å². The van der Waals surface area contributed by atoms with E-state index in [2.05, 4.69) is 32.3 Å². The number of carbonyl (C=O) groups excluding carboxylic acids is 1. The summed E-state index contributed by atoms with van der Waals surface area (Å²) in [5.74, 6) is 0.259. The first kappa shape index (κ1) is 21.6. The van der Waals surface area contributed by atoms with Gasteiger partial charge in [-0.1, -0.05) is 15.9 Å². The fourth-order valence-corrected chi connectivity index (χ4v) is 4.14. The number of amides is 1. The van der Waals surface area contributed by atoms with E-state index in [1.54, 1.807) is 11.3 Å². The van der Waals surface area contributed by atoms with E-state index in [4.69, 9.17) is 0 Å². The number of nitrogens with zero attached hydrogens (tertiary/aromatic N) is 2. The van der Waals surface area contributed by atoms with E-state index in [1.807, 2.05) is 24.1 Å². The molecule has 0 aliphatic carbocycles. The highest BCUT2D eigenvalue weighted by Crippen LogP contribution is 2.26. The number of benzene rings is 1. The lowest BCUT2D eigenvalue weighted by Crippen LogP contribution is -2.44. The molecule has 0 unspecified atom stereocenters. The van der Waals surface area contributed by atoms with Gasteiger partial charge in [-0.3, -0.25) is 4.79 Å². The quantitative estimate of drug-likeness (QED) is 0.757. The molecular weight excluding hydrogens is 433 g/mol. The number of hydrogen-bond acceptors (Lipinski definition) is 4. The monoisotopic (exact) mass is 453 g/mol. The summed E-state index contributed by atoms with van der Waals surface area (Å²) in [5, 5.41) is 4.34. The first-order valence-corrected chi connectivity index (χ1v) is 9.26. The number of hydrogen-bond donors (Lipinski definition) is 1. The van der Waals surface area contributed by atoms with E-state index < -0.39 is 0 Å². The summed E-state index contributed by atoms with van der Waals surface area (Å²) in [6, 6.07) is 6.69. The summed E-state index contributed by atoms with van der Waals surface area (Å²) in [5.41, 5.74) is 1.01. The van der Waals surface area contributed by atoms with Crippen molar-refractivity contribution in [2.75, 3.05) is 20.1 Å². The Kier molecular flexibility index (Phi) is 8.95. The second kappa shape index (κ2) is 9.92. The van der Waals surface area contributed by atoms with Crippen molar-refractivity contribution in [3.8, 4) is 0 Å². The largest absolute Gasteiger partial charge is 0.343 e. The Morgan fingerprint density at radius 2 is 2.08 bits per heavy atom. The first-order chi connectivity index (χ1) is 10.7. The minimum absolute atomic E-state index is 0. The van der Waals surface area contributed by atoms with Gasteiger partial charge in [-0.2, -0.15) is 0 Å². The number of thiazole rings is 1. The number of likely N-dealkylation sites (tertiary alicyclic amines) is 1. The van der Waals surface area contributed by atoms with Crippen molar-refractivity contribution in [1.82, 2.24) is 15.2 Å². The Morgan fingerprint density at radius 1 is 1.38 bits per heavy atom. The van der Waals surface area contributed by atoms with Gasteiger partial charge >= 0.3 is 0 Å². The molecule has 24 heavy (non-hydrogen) atoms. The number of aromatic nitrogens is 1. The standard InChI is InChI=1S/C16H20BrN3OS.2ClH/c1-18-12-6-8-20(9-7-12)16(21)5-4-15-19-13-10-11(17)2-3-14(13)22-15;;/h2-3,10,12,18H,4-9H2,1H3;2*1H. The van der Waals surface area contributed by atoms with Crippen molar-refractivity contribution in [1.29, 1.82) is 0 Å². The van der Waals surface area contributed by atoms with Crippen LogP contribution in [0.1, 0.15) is 24.3 Å². The minimum atomic E-state index is 0. The number of carbonyl (C=O) groups is 1. The number of nitrogens with one attached hydrogen (secondary N) is 1. The predicted octanol–water partition coefficient (Wildman–Crippen LogP) is 4.05. The summed E-state index contributed by atoms with van der Waals surface area (Å²) in [6.07, 6.45) is 3.40. The van der Waals surface area contributed by atoms with Gasteiger partial charge in [-0.15, -0.1) is 36.2 Å². The zero-order valence-corrected chi connectivity index (χ0v) is 17.5. The summed E-state index contributed by atoms with van der Waals surface area (Å²) < 4.78 is 2.22. The lowest BCUT2D eigenvalue weighted by Gasteiger charge is -2.31. The van der Waals surface area contributed by atoms with E-state index in [9.17, 15) is 4.79 Å². The lowest BCUT2D eigenvalue weighted by atomic mass is 10.0. The van der Waals surface area contributed by atoms with Crippen molar-refractivity contribution in [3.63, 3.8) is 0 Å². The topological polar surface area (TPSA) is 45.2 Å². The fraction of sp³-hybridized carbons (Fsp3) is 0.500. The second-order valence-electron chi connectivity index (χ2n) is 5.66. The Bertz CT molecular complexity index is 674. The van der Waals surface area contributed by atoms with E-state index in [0.29, 0.717) is 12.5 Å². The Labute approximate surface area is 167 Å². The number of aryl methyl sites for hydroxylation is 1. The van der Waals surface area contributed by atoms with Gasteiger partial charge in [0, 0.05) is 36.4 Å². The number of halogens is 3. The van der Waals surface area contributed by atoms with Gasteiger partial charge in [-0.25, -0.2) is 4.98 Å². The van der Waals surface area contributed by atoms with E-state index in [0.717, 1.165) is 47.3 Å². The average Bonchev–Trinajstić information content (AvgIpc) is 2.94. The summed E-state index contributed by atoms with van der Waals surface area (Å²) in [7, 11) is 1.99. The van der Waals surface area contributed by atoms with Crippen LogP contribution in [0, 0.1) is 0 Å². The third-order valence-corrected chi connectivity index (χ3v) is 5.79. The normalized spacial score (nSPS) is 15.0. The summed E-state index contributed by atoms with van der Waals surface area (Å²) in [4.78, 5) is 18.9. The zero-order valence-electron chi connectivity index (χ0n) is 13.5. The molecule has 1 aliphatic rings. The molecule has 1 N–H and O–H groups in total. The van der Waals surface area contributed by atoms with Crippen molar-refractivity contribution in [2.24, 2.45) is 0 Å². The third kappa shape index (κ3) is 5.30. The molecule has 1 fully saturated rings. The molecule has 1 saturated heterocycles. The molecule has 0 saturated carbocycles. The van der Waals surface area contributed by atoms with Gasteiger partial charge in [0.2, 0.25) is 5.91 Å². The van der Waals surface area contributed by atoms with Crippen LogP contribution in [0.15, 0.2) is 22.7 Å². The van der Waals surface area contributed by atoms with Crippen LogP contribution in [0.5, 0.6) is 0 Å². The Morgan fingerprint density at radius 3 is 2.75 bits per heavy atom. The molecule has 1 aliphatic heterocycles. The Hall–Kier alpha value is -0.400. The lowest BCUT2D eigenvalue weighted by molar-refractivity contribution is -0.132. The van der Waals surface area contributed by atoms with Gasteiger partial charge < -0.3 is 10.2 Å². The molecule has 134 valence electrons. The third-order valence-electron chi connectivity index (χ3n) is 4.20. The Balaban J connectivity index is 0.00000144. The van der Waals surface area contributed by atoms with Crippen LogP contribution in [0.25, 0.3) is 10.2 Å². The molecule has 0 radical (unpaired) electrons. The highest BCUT2D eigenvalue weighted by atomic mass is 79.9. The SMILES string of the molecule is CNC1CCN(C(=O)CCc2nc3cc(Br)ccc3s2)CC1.Cl.Cl. The molecule has 1 aromatic carbocycles. The van der Waals surface area contributed by atoms with Gasteiger partial charge in [-0.05, 0) is 38.1 Å². The number of piperidine rings is 1. The van der Waals surface area contributed by atoms with E-state index >= 15 is 0 Å². The predicted molar refractivity (Wildman–Crippen MR) is 109 cm³/mol. The maximum absolute atomic E-state index is 12.3. The molecule has 4 nitrogen and oxygen atoms in total. The van der Waals surface area contributed by atoms with Crippen LogP contribution in [0.4, 0.5) is 0 Å². The van der Waals surface area contributed by atoms with Crippen molar-refractivity contribution in [2.45, 2.75) is 31.7 Å². The zero-order chi connectivity index (χ0) is 15.5. The van der Waals surface area contributed by atoms with E-state index in [-0.39, 0.29) is 30.7 Å². The molecule has 0 spiro atoms. The molecule has 8 heteroatoms. The maximum atomic E-state index is 12.3. The van der Waals surface area contributed by atoms with Crippen LogP contribution in [0.3, 0.4) is 0 Å². The smallest absolute Gasteiger partial charge is 0.222 e. The highest BCUT2D eigenvalue weighted by Gasteiger charge is 2.21. The van der Waals surface area contributed by atoms with E-state index in [1.165, 1.54) is 4.70 Å². The van der Waals surface area contributed by atoms with Gasteiger partial charge in [0.05, 0.1) is 15.2 Å². The molecule has 0 bridgehead atoms. The van der Waals surface area contributed by atoms with Crippen molar-refractivity contribution >= 4 is 68.2 Å². The van der Waals surface area contributed by atoms with Gasteiger partial charge in [0.25, 0.3) is 0 Å². The summed E-state index contributed by atoms with van der Waals surface area (Å²) in [6.45, 7) is 1.74.